The Balaban J connectivity index is 1.62. The first-order valence-corrected chi connectivity index (χ1v) is 8.35. The van der Waals surface area contributed by atoms with Crippen LogP contribution in [0.25, 0.3) is 10.9 Å². The van der Waals surface area contributed by atoms with E-state index in [2.05, 4.69) is 40.3 Å². The van der Waals surface area contributed by atoms with Gasteiger partial charge in [-0.1, -0.05) is 6.07 Å². The van der Waals surface area contributed by atoms with Crippen molar-refractivity contribution >= 4 is 16.8 Å². The first-order valence-electron chi connectivity index (χ1n) is 8.35. The number of ether oxygens (including phenoxy) is 1. The van der Waals surface area contributed by atoms with E-state index in [4.69, 9.17) is 4.74 Å². The van der Waals surface area contributed by atoms with Crippen LogP contribution in [0.3, 0.4) is 0 Å². The van der Waals surface area contributed by atoms with Crippen LogP contribution in [-0.4, -0.2) is 57.5 Å². The number of amides is 1. The summed E-state index contributed by atoms with van der Waals surface area (Å²) in [7, 11) is 1.67. The Bertz CT molecular complexity index is 915. The first kappa shape index (κ1) is 15.8. The van der Waals surface area contributed by atoms with Crippen molar-refractivity contribution in [2.45, 2.75) is 25.9 Å². The van der Waals surface area contributed by atoms with Crippen molar-refractivity contribution in [1.29, 1.82) is 0 Å². The van der Waals surface area contributed by atoms with Gasteiger partial charge < -0.3 is 14.6 Å². The fourth-order valence-electron chi connectivity index (χ4n) is 3.60. The van der Waals surface area contributed by atoms with Gasteiger partial charge >= 0.3 is 0 Å². The van der Waals surface area contributed by atoms with E-state index in [0.717, 1.165) is 16.6 Å². The maximum absolute atomic E-state index is 13.0. The molecule has 7 nitrogen and oxygen atoms in total. The normalized spacial score (nSPS) is 20.5. The van der Waals surface area contributed by atoms with Crippen molar-refractivity contribution in [2.75, 3.05) is 20.2 Å². The molecule has 3 aromatic rings. The van der Waals surface area contributed by atoms with Gasteiger partial charge in [-0.3, -0.25) is 4.79 Å². The highest BCUT2D eigenvalue weighted by atomic mass is 16.5. The van der Waals surface area contributed by atoms with Crippen LogP contribution in [0.2, 0.25) is 0 Å². The maximum Gasteiger partial charge on any atom is 0.270 e. The van der Waals surface area contributed by atoms with Gasteiger partial charge in [-0.05, 0) is 37.1 Å². The highest BCUT2D eigenvalue weighted by Crippen LogP contribution is 2.30. The summed E-state index contributed by atoms with van der Waals surface area (Å²) < 4.78 is 5.57. The average molecular weight is 339 g/mol. The molecule has 0 bridgehead atoms. The summed E-state index contributed by atoms with van der Waals surface area (Å²) in [4.78, 5) is 18.1. The average Bonchev–Trinajstić information content (AvgIpc) is 3.35. The second-order valence-electron chi connectivity index (χ2n) is 6.64. The van der Waals surface area contributed by atoms with Crippen LogP contribution in [-0.2, 0) is 4.74 Å². The lowest BCUT2D eigenvalue weighted by molar-refractivity contribution is 0.0710. The molecule has 0 spiro atoms. The zero-order valence-corrected chi connectivity index (χ0v) is 14.5. The summed E-state index contributed by atoms with van der Waals surface area (Å²) in [5.41, 5.74) is 4.84. The Morgan fingerprint density at radius 2 is 2.16 bits per heavy atom. The van der Waals surface area contributed by atoms with Crippen LogP contribution in [0.4, 0.5) is 0 Å². The number of benzene rings is 1. The third kappa shape index (κ3) is 2.60. The van der Waals surface area contributed by atoms with Gasteiger partial charge in [-0.2, -0.15) is 15.4 Å². The SMILES string of the molecule is CO[C@@H]1CN(C(=O)c2cc3c(C)c(C)ccc3[nH]2)C[C@H]1c1cn[nH]n1. The third-order valence-electron chi connectivity index (χ3n) is 5.24. The Labute approximate surface area is 145 Å². The van der Waals surface area contributed by atoms with Crippen molar-refractivity contribution in [3.63, 3.8) is 0 Å². The van der Waals surface area contributed by atoms with Gasteiger partial charge in [0.1, 0.15) is 5.69 Å². The lowest BCUT2D eigenvalue weighted by atomic mass is 10.0. The number of aromatic amines is 2. The molecule has 2 aromatic heterocycles. The zero-order chi connectivity index (χ0) is 17.6. The quantitative estimate of drug-likeness (QED) is 0.765. The fourth-order valence-corrected chi connectivity index (χ4v) is 3.60. The molecule has 130 valence electrons. The molecule has 1 fully saturated rings. The van der Waals surface area contributed by atoms with Gasteiger partial charge in [-0.25, -0.2) is 0 Å². The number of hydrogen-bond acceptors (Lipinski definition) is 4. The number of rotatable bonds is 3. The number of nitrogens with zero attached hydrogens (tertiary/aromatic N) is 3. The molecule has 4 rings (SSSR count). The van der Waals surface area contributed by atoms with E-state index in [9.17, 15) is 4.79 Å². The fraction of sp³-hybridized carbons (Fsp3) is 0.389. The zero-order valence-electron chi connectivity index (χ0n) is 14.5. The molecule has 2 atom stereocenters. The molecule has 1 aliphatic heterocycles. The Morgan fingerprint density at radius 3 is 2.88 bits per heavy atom. The lowest BCUT2D eigenvalue weighted by Gasteiger charge is -2.14. The van der Waals surface area contributed by atoms with Crippen LogP contribution >= 0.6 is 0 Å². The molecule has 0 unspecified atom stereocenters. The summed E-state index contributed by atoms with van der Waals surface area (Å²) in [6.45, 7) is 5.27. The van der Waals surface area contributed by atoms with Gasteiger partial charge in [0.15, 0.2) is 0 Å². The number of H-pyrrole nitrogens is 2. The molecule has 1 amide bonds. The molecule has 7 heteroatoms. The van der Waals surface area contributed by atoms with Gasteiger partial charge in [0.05, 0.1) is 23.9 Å². The predicted octanol–water partition coefficient (Wildman–Crippen LogP) is 2.16. The van der Waals surface area contributed by atoms with Gasteiger partial charge in [-0.15, -0.1) is 0 Å². The van der Waals surface area contributed by atoms with E-state index in [1.165, 1.54) is 11.1 Å². The van der Waals surface area contributed by atoms with Crippen LogP contribution in [0.15, 0.2) is 24.4 Å². The lowest BCUT2D eigenvalue weighted by Crippen LogP contribution is -2.30. The summed E-state index contributed by atoms with van der Waals surface area (Å²) >= 11 is 0. The number of aryl methyl sites for hydroxylation is 2. The molecule has 0 aliphatic carbocycles. The number of hydrogen-bond donors (Lipinski definition) is 2. The largest absolute Gasteiger partial charge is 0.379 e. The summed E-state index contributed by atoms with van der Waals surface area (Å²) in [5.74, 6) is 0.0161. The minimum atomic E-state index is -0.0811. The van der Waals surface area contributed by atoms with Gasteiger partial charge in [0.25, 0.3) is 5.91 Å². The van der Waals surface area contributed by atoms with Crippen molar-refractivity contribution in [1.82, 2.24) is 25.3 Å². The van der Waals surface area contributed by atoms with E-state index in [1.807, 2.05) is 17.0 Å². The van der Waals surface area contributed by atoms with Crippen LogP contribution in [0.1, 0.15) is 33.2 Å². The van der Waals surface area contributed by atoms with Gasteiger partial charge in [0, 0.05) is 31.1 Å². The van der Waals surface area contributed by atoms with E-state index in [0.29, 0.717) is 18.8 Å². The Hall–Kier alpha value is -2.67. The standard InChI is InChI=1S/C18H21N5O2/c1-10-4-5-14-12(11(10)2)6-15(20-14)18(24)23-8-13(17(9-23)25-3)16-7-19-22-21-16/h4-7,13,17,20H,8-9H2,1-3H3,(H,19,21,22)/t13-,17+/m0/s1. The van der Waals surface area contributed by atoms with Crippen molar-refractivity contribution in [2.24, 2.45) is 0 Å². The predicted molar refractivity (Wildman–Crippen MR) is 93.6 cm³/mol. The molecule has 3 heterocycles. The Morgan fingerprint density at radius 1 is 1.32 bits per heavy atom. The first-order chi connectivity index (χ1) is 12.1. The van der Waals surface area contributed by atoms with E-state index in [1.54, 1.807) is 13.3 Å². The summed E-state index contributed by atoms with van der Waals surface area (Å²) in [5, 5.41) is 11.8. The summed E-state index contributed by atoms with van der Waals surface area (Å²) in [6.07, 6.45) is 1.61. The molecule has 0 radical (unpaired) electrons. The number of fused-ring (bicyclic) bond motifs is 1. The molecular weight excluding hydrogens is 318 g/mol. The molecule has 25 heavy (non-hydrogen) atoms. The molecule has 2 N–H and O–H groups in total. The number of methoxy groups -OCH3 is 1. The monoisotopic (exact) mass is 339 g/mol. The highest BCUT2D eigenvalue weighted by molar-refractivity contribution is 5.99. The third-order valence-corrected chi connectivity index (χ3v) is 5.24. The van der Waals surface area contributed by atoms with Crippen molar-refractivity contribution in [3.05, 3.63) is 46.9 Å². The number of likely N-dealkylation sites (tertiary alicyclic amines) is 1. The Kier molecular flexibility index (Phi) is 3.80. The van der Waals surface area contributed by atoms with Gasteiger partial charge in [0.2, 0.25) is 0 Å². The number of nitrogens with one attached hydrogen (secondary N) is 2. The highest BCUT2D eigenvalue weighted by Gasteiger charge is 2.38. The van der Waals surface area contributed by atoms with Crippen LogP contribution in [0.5, 0.6) is 0 Å². The number of carbonyl (C=O) groups excluding carboxylic acids is 1. The smallest absolute Gasteiger partial charge is 0.270 e. The van der Waals surface area contributed by atoms with Crippen LogP contribution < -0.4 is 0 Å². The van der Waals surface area contributed by atoms with Crippen LogP contribution in [0, 0.1) is 13.8 Å². The maximum atomic E-state index is 13.0. The number of carbonyl (C=O) groups is 1. The minimum Gasteiger partial charge on any atom is -0.379 e. The second-order valence-corrected chi connectivity index (χ2v) is 6.64. The second kappa shape index (κ2) is 6.00. The van der Waals surface area contributed by atoms with E-state index in [-0.39, 0.29) is 17.9 Å². The molecule has 1 aliphatic rings. The van der Waals surface area contributed by atoms with E-state index >= 15 is 0 Å². The summed E-state index contributed by atoms with van der Waals surface area (Å²) in [6, 6.07) is 6.04. The number of aromatic nitrogens is 4. The molecule has 1 saturated heterocycles. The minimum absolute atomic E-state index is 0.0127. The van der Waals surface area contributed by atoms with Crippen molar-refractivity contribution < 1.29 is 9.53 Å². The van der Waals surface area contributed by atoms with E-state index < -0.39 is 0 Å². The molecule has 1 aromatic carbocycles. The molecule has 0 saturated carbocycles. The molecular formula is C18H21N5O2. The topological polar surface area (TPSA) is 86.9 Å². The van der Waals surface area contributed by atoms with Crippen molar-refractivity contribution in [3.8, 4) is 0 Å².